The first kappa shape index (κ1) is 36.9. The zero-order chi connectivity index (χ0) is 24.4. The summed E-state index contributed by atoms with van der Waals surface area (Å²) < 4.78 is 0. The predicted octanol–water partition coefficient (Wildman–Crippen LogP) is 0.467. The molecule has 0 N–H and O–H groups in total. The summed E-state index contributed by atoms with van der Waals surface area (Å²) in [6.07, 6.45) is 0. The fourth-order valence-electron chi connectivity index (χ4n) is 3.78. The van der Waals surface area contributed by atoms with Crippen molar-refractivity contribution in [3.05, 3.63) is 86.2 Å². The second-order valence-electron chi connectivity index (χ2n) is 7.36. The summed E-state index contributed by atoms with van der Waals surface area (Å²) in [6.45, 7) is 0. The van der Waals surface area contributed by atoms with E-state index in [0.29, 0.717) is 11.4 Å². The van der Waals surface area contributed by atoms with Crippen molar-refractivity contribution >= 4 is 58.6 Å². The molecule has 0 bridgehead atoms. The van der Waals surface area contributed by atoms with Gasteiger partial charge < -0.3 is 49.6 Å². The van der Waals surface area contributed by atoms with Gasteiger partial charge in [0, 0.05) is 65.4 Å². The van der Waals surface area contributed by atoms with E-state index in [9.17, 15) is 38.4 Å². The van der Waals surface area contributed by atoms with Gasteiger partial charge in [-0.25, -0.2) is 0 Å². The summed E-state index contributed by atoms with van der Waals surface area (Å²) in [6, 6.07) is 17.6. The van der Waals surface area contributed by atoms with Crippen molar-refractivity contribution in [2.24, 2.45) is 10.8 Å². The van der Waals surface area contributed by atoms with E-state index in [1.54, 1.807) is 12.1 Å². The van der Waals surface area contributed by atoms with Crippen LogP contribution in [-0.2, 0) is 125 Å². The molecule has 12 nitrogen and oxygen atoms in total. The van der Waals surface area contributed by atoms with Gasteiger partial charge in [0.2, 0.25) is 22.6 Å². The molecule has 0 unspecified atom stereocenters. The van der Waals surface area contributed by atoms with Gasteiger partial charge in [0.05, 0.1) is 23.6 Å². The van der Waals surface area contributed by atoms with Crippen LogP contribution in [0.15, 0.2) is 48.5 Å². The third kappa shape index (κ3) is 4.68. The molecule has 4 heterocycles. The zero-order valence-electron chi connectivity index (χ0n) is 20.2. The minimum Gasteiger partial charge on any atom is -0.592 e. The Kier molecular flexibility index (Phi) is 12.3. The number of rotatable bonds is 2. The van der Waals surface area contributed by atoms with Crippen LogP contribution in [0.25, 0.3) is 10.6 Å². The second kappa shape index (κ2) is 13.0. The van der Waals surface area contributed by atoms with Crippen molar-refractivity contribution in [2.75, 3.05) is 9.80 Å². The summed E-state index contributed by atoms with van der Waals surface area (Å²) in [5.74, 6) is -7.15. The van der Waals surface area contributed by atoms with Gasteiger partial charge in [0.15, 0.2) is 0 Å². The number of hydrogen-bond acceptors (Lipinski definition) is 8. The molecule has 2 aromatic carbocycles. The number of hydrogen-bond donors (Lipinski definition) is 0. The smallest absolute Gasteiger partial charge is 0.592 e. The number of carbonyl (C=O) groups is 8. The van der Waals surface area contributed by atoms with E-state index in [4.69, 9.17) is 0 Å². The fourth-order valence-corrected chi connectivity index (χ4v) is 3.78. The molecule has 0 aromatic heterocycles. The average Bonchev–Trinajstić information content (AvgIpc) is 2.81. The van der Waals surface area contributed by atoms with Crippen LogP contribution >= 0.6 is 0 Å². The van der Waals surface area contributed by atoms with E-state index in [1.807, 2.05) is 0 Å². The van der Waals surface area contributed by atoms with Gasteiger partial charge >= 0.3 is 21.1 Å². The molecule has 2 aromatic rings. The standard InChI is InChI=1S/2C11H5N2O4.2CH3.W.2Y/c2*14-7-11(8(15)12-7)9(16)13(10(11)17)6-4-2-1-3-5-6;;;;;/h2-5H,(H,12,14,15);1-2,4-5H,(H,12,14,15);2*1H3;;;/q4*-1;+2;;/p-2. The van der Waals surface area contributed by atoms with Crippen LogP contribution in [-0.4, -0.2) is 47.3 Å². The maximum atomic E-state index is 11.8. The number of amides is 8. The Hall–Kier alpha value is -2.10. The van der Waals surface area contributed by atoms with Crippen LogP contribution in [0.5, 0.6) is 0 Å². The summed E-state index contributed by atoms with van der Waals surface area (Å²) in [5.41, 5.74) is -3.70. The van der Waals surface area contributed by atoms with E-state index in [2.05, 4.69) is 22.8 Å². The van der Waals surface area contributed by atoms with E-state index < -0.39 is 58.1 Å². The zero-order valence-corrected chi connectivity index (χ0v) is 28.8. The van der Waals surface area contributed by atoms with E-state index in [1.165, 1.54) is 36.4 Å². The molecular formula is C24H14N4O8WY2-4. The first-order valence-electron chi connectivity index (χ1n) is 9.51. The first-order chi connectivity index (χ1) is 16.2. The molecule has 0 saturated carbocycles. The molecule has 15 heteroatoms. The third-order valence-corrected chi connectivity index (χ3v) is 5.69. The van der Waals surface area contributed by atoms with Crippen molar-refractivity contribution in [3.8, 4) is 0 Å². The van der Waals surface area contributed by atoms with Crippen molar-refractivity contribution in [1.29, 1.82) is 0 Å². The molecule has 4 saturated heterocycles. The van der Waals surface area contributed by atoms with Gasteiger partial charge in [0.25, 0.3) is 11.8 Å². The largest absolute Gasteiger partial charge is 2.00 e. The molecule has 4 fully saturated rings. The molecule has 4 aliphatic heterocycles. The fraction of sp³-hybridized carbons (Fsp3) is 0.0833. The van der Waals surface area contributed by atoms with Gasteiger partial charge in [-0.3, -0.25) is 24.1 Å². The predicted molar refractivity (Wildman–Crippen MR) is 120 cm³/mol. The Morgan fingerprint density at radius 3 is 1.28 bits per heavy atom. The maximum Gasteiger partial charge on any atom is 2.00 e. The number of anilines is 2. The van der Waals surface area contributed by atoms with Gasteiger partial charge in [-0.2, -0.15) is 42.5 Å². The summed E-state index contributed by atoms with van der Waals surface area (Å²) in [5, 5.41) is 5.95. The number of nitrogens with zero attached hydrogens (tertiary/aromatic N) is 4. The van der Waals surface area contributed by atoms with Crippen molar-refractivity contribution < 1.29 is 125 Å². The Balaban J connectivity index is 0.000000656. The third-order valence-electron chi connectivity index (χ3n) is 5.69. The van der Waals surface area contributed by atoms with Crippen LogP contribution < -0.4 is 9.80 Å². The maximum absolute atomic E-state index is 11.8. The quantitative estimate of drug-likeness (QED) is 0.239. The Morgan fingerprint density at radius 2 is 0.949 bits per heavy atom. The van der Waals surface area contributed by atoms with Gasteiger partial charge in [-0.15, -0.1) is 18.2 Å². The molecule has 2 spiro atoms. The molecule has 6 rings (SSSR count). The number of β-lactam (4-membered cyclic amide) rings is 8. The van der Waals surface area contributed by atoms with E-state index in [-0.39, 0.29) is 101 Å². The Morgan fingerprint density at radius 1 is 0.564 bits per heavy atom. The van der Waals surface area contributed by atoms with Crippen LogP contribution in [0.2, 0.25) is 0 Å². The molecule has 0 aliphatic carbocycles. The van der Waals surface area contributed by atoms with E-state index >= 15 is 0 Å². The molecule has 2 radical (unpaired) electrons. The normalized spacial score (nSPS) is 18.4. The minimum absolute atomic E-state index is 0. The van der Waals surface area contributed by atoms with Crippen LogP contribution in [0.4, 0.5) is 11.4 Å². The molecule has 0 atom stereocenters. The van der Waals surface area contributed by atoms with Crippen LogP contribution in [0, 0.1) is 37.8 Å². The van der Waals surface area contributed by atoms with Gasteiger partial charge in [-0.05, 0) is 0 Å². The summed E-state index contributed by atoms with van der Waals surface area (Å²) in [7, 11) is 0. The first-order valence-corrected chi connectivity index (χ1v) is 9.51. The SMILES string of the molecule is O=C1[N-]C(=O)C12C(=O)N(c1c[c-]ccc1)C2=O.O=C1[N-]C(=O)C12C(=O)N(c1cc[c-]cc1)C2=O.[CH3-].[CH3-].[W+2].[Y].[Y]. The van der Waals surface area contributed by atoms with Gasteiger partial charge in [-0.1, -0.05) is 11.4 Å². The second-order valence-corrected chi connectivity index (χ2v) is 7.36. The minimum atomic E-state index is -2.16. The topological polar surface area (TPSA) is 171 Å². The van der Waals surface area contributed by atoms with Crippen LogP contribution in [0.3, 0.4) is 0 Å². The molecule has 194 valence electrons. The van der Waals surface area contributed by atoms with Crippen molar-refractivity contribution in [2.45, 2.75) is 0 Å². The molecule has 4 aliphatic rings. The molecule has 8 amide bonds. The Labute approximate surface area is 287 Å². The number of benzene rings is 2. The van der Waals surface area contributed by atoms with Crippen molar-refractivity contribution in [3.63, 3.8) is 0 Å². The van der Waals surface area contributed by atoms with Crippen LogP contribution in [0.1, 0.15) is 0 Å². The van der Waals surface area contributed by atoms with Gasteiger partial charge in [0.1, 0.15) is 0 Å². The monoisotopic (exact) mass is 848 g/mol. The summed E-state index contributed by atoms with van der Waals surface area (Å²) in [4.78, 5) is 93.5. The van der Waals surface area contributed by atoms with Crippen molar-refractivity contribution in [1.82, 2.24) is 0 Å². The Bertz CT molecular complexity index is 1220. The average molecular weight is 848 g/mol. The number of imide groups is 4. The molecular weight excluding hydrogens is 834 g/mol. The molecule has 39 heavy (non-hydrogen) atoms. The van der Waals surface area contributed by atoms with E-state index in [0.717, 1.165) is 9.80 Å². The summed E-state index contributed by atoms with van der Waals surface area (Å²) >= 11 is 0. The number of carbonyl (C=O) groups excluding carboxylic acids is 8.